The molecule has 1 heterocycles. The third-order valence-electron chi connectivity index (χ3n) is 2.18. The van der Waals surface area contributed by atoms with Gasteiger partial charge in [0.1, 0.15) is 11.6 Å². The normalized spacial score (nSPS) is 11.4. The molecule has 1 aromatic heterocycles. The van der Waals surface area contributed by atoms with Crippen LogP contribution in [0, 0.1) is 5.82 Å². The van der Waals surface area contributed by atoms with Gasteiger partial charge >= 0.3 is 0 Å². The van der Waals surface area contributed by atoms with Crippen LogP contribution in [0.1, 0.15) is 32.8 Å². The van der Waals surface area contributed by atoms with Crippen LogP contribution in [-0.4, -0.2) is 10.8 Å². The van der Waals surface area contributed by atoms with Crippen molar-refractivity contribution in [2.75, 3.05) is 0 Å². The average Bonchev–Trinajstić information content (AvgIpc) is 2.01. The van der Waals surface area contributed by atoms with E-state index in [1.807, 2.05) is 13.8 Å². The lowest BCUT2D eigenvalue weighted by Gasteiger charge is -2.23. The van der Waals surface area contributed by atoms with Gasteiger partial charge in [0.05, 0.1) is 6.20 Å². The Bertz CT molecular complexity index is 347. The zero-order valence-corrected chi connectivity index (χ0v) is 8.67. The lowest BCUT2D eigenvalue weighted by atomic mass is 9.81. The highest BCUT2D eigenvalue weighted by Gasteiger charge is 2.23. The molecule has 0 aliphatic rings. The smallest absolute Gasteiger partial charge is 0.141 e. The highest BCUT2D eigenvalue weighted by atomic mass is 19.1. The van der Waals surface area contributed by atoms with Crippen LogP contribution in [0.15, 0.2) is 18.5 Å². The summed E-state index contributed by atoms with van der Waals surface area (Å²) in [5.41, 5.74) is 0.411. The summed E-state index contributed by atoms with van der Waals surface area (Å²) in [6.07, 6.45) is 3.16. The van der Waals surface area contributed by atoms with Gasteiger partial charge in [-0.1, -0.05) is 13.8 Å². The van der Waals surface area contributed by atoms with E-state index in [1.165, 1.54) is 13.0 Å². The minimum Gasteiger partial charge on any atom is -0.300 e. The Kier molecular flexibility index (Phi) is 2.99. The number of ketones is 1. The number of nitrogens with zero attached hydrogens (tertiary/aromatic N) is 1. The van der Waals surface area contributed by atoms with Crippen molar-refractivity contribution in [3.63, 3.8) is 0 Å². The number of aromatic nitrogens is 1. The zero-order valence-electron chi connectivity index (χ0n) is 8.67. The number of Topliss-reactive ketones (excluding diaryl/α,β-unsaturated/α-hetero) is 1. The lowest BCUT2D eigenvalue weighted by molar-refractivity contribution is -0.118. The number of hydrogen-bond acceptors (Lipinski definition) is 2. The van der Waals surface area contributed by atoms with Gasteiger partial charge in [-0.15, -0.1) is 0 Å². The first kappa shape index (κ1) is 10.8. The molecule has 0 saturated heterocycles. The van der Waals surface area contributed by atoms with Crippen LogP contribution >= 0.6 is 0 Å². The summed E-state index contributed by atoms with van der Waals surface area (Å²) in [7, 11) is 0. The average molecular weight is 195 g/mol. The third kappa shape index (κ3) is 2.62. The van der Waals surface area contributed by atoms with Crippen molar-refractivity contribution in [1.82, 2.24) is 4.98 Å². The Balaban J connectivity index is 2.97. The highest BCUT2D eigenvalue weighted by molar-refractivity contribution is 5.77. The van der Waals surface area contributed by atoms with Crippen LogP contribution in [-0.2, 0) is 10.2 Å². The maximum absolute atomic E-state index is 12.9. The molecule has 2 nitrogen and oxygen atoms in total. The van der Waals surface area contributed by atoms with Gasteiger partial charge in [0.2, 0.25) is 0 Å². The molecule has 0 radical (unpaired) electrons. The van der Waals surface area contributed by atoms with Crippen LogP contribution in [0.5, 0.6) is 0 Å². The van der Waals surface area contributed by atoms with Gasteiger partial charge in [-0.2, -0.15) is 0 Å². The van der Waals surface area contributed by atoms with Crippen molar-refractivity contribution in [3.8, 4) is 0 Å². The van der Waals surface area contributed by atoms with Crippen molar-refractivity contribution in [2.24, 2.45) is 0 Å². The van der Waals surface area contributed by atoms with Crippen molar-refractivity contribution >= 4 is 5.78 Å². The summed E-state index contributed by atoms with van der Waals surface area (Å²) < 4.78 is 12.9. The molecule has 1 rings (SSSR count). The van der Waals surface area contributed by atoms with E-state index in [-0.39, 0.29) is 17.0 Å². The van der Waals surface area contributed by atoms with E-state index in [9.17, 15) is 9.18 Å². The van der Waals surface area contributed by atoms with E-state index in [2.05, 4.69) is 4.98 Å². The molecule has 0 bridgehead atoms. The fourth-order valence-electron chi connectivity index (χ4n) is 1.51. The third-order valence-corrected chi connectivity index (χ3v) is 2.18. The predicted octanol–water partition coefficient (Wildman–Crippen LogP) is 2.48. The fraction of sp³-hybridized carbons (Fsp3) is 0.455. The monoisotopic (exact) mass is 195 g/mol. The van der Waals surface area contributed by atoms with Gasteiger partial charge in [-0.25, -0.2) is 4.39 Å². The molecular weight excluding hydrogens is 181 g/mol. The molecule has 0 atom stereocenters. The Morgan fingerprint density at radius 3 is 2.64 bits per heavy atom. The van der Waals surface area contributed by atoms with E-state index in [0.29, 0.717) is 6.42 Å². The van der Waals surface area contributed by atoms with E-state index in [0.717, 1.165) is 11.8 Å². The fourth-order valence-corrected chi connectivity index (χ4v) is 1.51. The minimum absolute atomic E-state index is 0.0965. The number of carbonyl (C=O) groups excluding carboxylic acids is 1. The molecule has 0 aliphatic carbocycles. The molecule has 0 fully saturated rings. The van der Waals surface area contributed by atoms with Gasteiger partial charge in [0.25, 0.3) is 0 Å². The maximum atomic E-state index is 12.9. The summed E-state index contributed by atoms with van der Waals surface area (Å²) in [6.45, 7) is 5.35. The predicted molar refractivity (Wildman–Crippen MR) is 52.5 cm³/mol. The van der Waals surface area contributed by atoms with Gasteiger partial charge < -0.3 is 0 Å². The molecule has 0 spiro atoms. The molecule has 0 aliphatic heterocycles. The van der Waals surface area contributed by atoms with Gasteiger partial charge in [-0.3, -0.25) is 9.78 Å². The number of carbonyl (C=O) groups is 1. The van der Waals surface area contributed by atoms with Crippen LogP contribution in [0.4, 0.5) is 4.39 Å². The Morgan fingerprint density at radius 2 is 2.14 bits per heavy atom. The second-order valence-corrected chi connectivity index (χ2v) is 4.15. The van der Waals surface area contributed by atoms with Crippen molar-refractivity contribution in [3.05, 3.63) is 29.8 Å². The molecule has 0 amide bonds. The molecule has 0 saturated carbocycles. The number of halogens is 1. The second-order valence-electron chi connectivity index (χ2n) is 4.15. The van der Waals surface area contributed by atoms with Gasteiger partial charge in [-0.05, 0) is 24.0 Å². The van der Waals surface area contributed by atoms with Crippen molar-refractivity contribution < 1.29 is 9.18 Å². The minimum atomic E-state index is -0.362. The summed E-state index contributed by atoms with van der Waals surface area (Å²) in [6, 6.07) is 1.43. The van der Waals surface area contributed by atoms with Gasteiger partial charge in [0.15, 0.2) is 0 Å². The van der Waals surface area contributed by atoms with E-state index < -0.39 is 0 Å². The van der Waals surface area contributed by atoms with Crippen molar-refractivity contribution in [2.45, 2.75) is 32.6 Å². The van der Waals surface area contributed by atoms with Crippen LogP contribution in [0.25, 0.3) is 0 Å². The molecule has 14 heavy (non-hydrogen) atoms. The second kappa shape index (κ2) is 3.86. The number of rotatable bonds is 3. The molecule has 3 heteroatoms. The van der Waals surface area contributed by atoms with E-state index in [1.54, 1.807) is 6.20 Å². The van der Waals surface area contributed by atoms with Crippen LogP contribution in [0.2, 0.25) is 0 Å². The van der Waals surface area contributed by atoms with Crippen molar-refractivity contribution in [1.29, 1.82) is 0 Å². The lowest BCUT2D eigenvalue weighted by Crippen LogP contribution is -2.21. The molecular formula is C11H14FNO. The first-order valence-electron chi connectivity index (χ1n) is 4.52. The summed E-state index contributed by atoms with van der Waals surface area (Å²) >= 11 is 0. The standard InChI is InChI=1S/C11H14FNO/c1-8(14)5-11(2,3)9-4-10(12)7-13-6-9/h4,6-7H,5H2,1-3H3. The molecule has 0 aromatic carbocycles. The van der Waals surface area contributed by atoms with E-state index in [4.69, 9.17) is 0 Å². The summed E-state index contributed by atoms with van der Waals surface area (Å²) in [5, 5.41) is 0. The van der Waals surface area contributed by atoms with Gasteiger partial charge in [0, 0.05) is 12.6 Å². The Hall–Kier alpha value is -1.25. The SMILES string of the molecule is CC(=O)CC(C)(C)c1cncc(F)c1. The maximum Gasteiger partial charge on any atom is 0.141 e. The Morgan fingerprint density at radius 1 is 1.50 bits per heavy atom. The first-order valence-corrected chi connectivity index (χ1v) is 4.52. The Labute approximate surface area is 83.2 Å². The van der Waals surface area contributed by atoms with Crippen LogP contribution < -0.4 is 0 Å². The summed E-state index contributed by atoms with van der Waals surface area (Å²) in [4.78, 5) is 14.8. The first-order chi connectivity index (χ1) is 6.42. The van der Waals surface area contributed by atoms with E-state index >= 15 is 0 Å². The molecule has 1 aromatic rings. The molecule has 0 unspecified atom stereocenters. The molecule has 76 valence electrons. The highest BCUT2D eigenvalue weighted by Crippen LogP contribution is 2.26. The van der Waals surface area contributed by atoms with Crippen LogP contribution in [0.3, 0.4) is 0 Å². The zero-order chi connectivity index (χ0) is 10.8. The molecule has 0 N–H and O–H groups in total. The number of hydrogen-bond donors (Lipinski definition) is 0. The largest absolute Gasteiger partial charge is 0.300 e. The topological polar surface area (TPSA) is 30.0 Å². The summed E-state index contributed by atoms with van der Waals surface area (Å²) in [5.74, 6) is -0.265. The number of pyridine rings is 1. The quantitative estimate of drug-likeness (QED) is 0.741.